The molecule has 0 bridgehead atoms. The van der Waals surface area contributed by atoms with Crippen molar-refractivity contribution in [1.82, 2.24) is 0 Å². The lowest BCUT2D eigenvalue weighted by Crippen LogP contribution is -2.48. The van der Waals surface area contributed by atoms with Crippen molar-refractivity contribution >= 4 is 46.4 Å². The van der Waals surface area contributed by atoms with Gasteiger partial charge in [-0.25, -0.2) is 0 Å². The van der Waals surface area contributed by atoms with Crippen LogP contribution in [0, 0.1) is 23.2 Å². The summed E-state index contributed by atoms with van der Waals surface area (Å²) in [4.78, 5) is 39.3. The van der Waals surface area contributed by atoms with E-state index in [1.54, 1.807) is 29.2 Å². The first-order valence-corrected chi connectivity index (χ1v) is 11.9. The average molecular weight is 497 g/mol. The van der Waals surface area contributed by atoms with Crippen molar-refractivity contribution in [3.05, 3.63) is 47.0 Å². The number of carbonyl (C=O) groups excluding carboxylic acids is 3. The number of hydrogen-bond acceptors (Lipinski definition) is 5. The Morgan fingerprint density at radius 3 is 2.23 bits per heavy atom. The quantitative estimate of drug-likeness (QED) is 0.535. The number of nitrogens with one attached hydrogen (secondary N) is 2. The molecular formula is C26H29ClN4O4. The van der Waals surface area contributed by atoms with Crippen LogP contribution in [-0.4, -0.2) is 30.4 Å². The van der Waals surface area contributed by atoms with E-state index in [-0.39, 0.29) is 47.4 Å². The first-order chi connectivity index (χ1) is 16.6. The number of fused-ring (bicyclic) bond motifs is 1. The molecule has 0 radical (unpaired) electrons. The minimum Gasteiger partial charge on any atom is -0.478 e. The fraction of sp³-hybridized carbons (Fsp3) is 0.385. The maximum Gasteiger partial charge on any atom is 0.268 e. The zero-order valence-electron chi connectivity index (χ0n) is 20.2. The van der Waals surface area contributed by atoms with Crippen molar-refractivity contribution in [2.45, 2.75) is 46.6 Å². The van der Waals surface area contributed by atoms with Gasteiger partial charge in [0.2, 0.25) is 11.8 Å². The van der Waals surface area contributed by atoms with Gasteiger partial charge in [0.25, 0.3) is 5.91 Å². The van der Waals surface area contributed by atoms with Crippen LogP contribution in [0.1, 0.15) is 46.1 Å². The molecule has 9 heteroatoms. The van der Waals surface area contributed by atoms with Gasteiger partial charge in [-0.3, -0.25) is 14.4 Å². The van der Waals surface area contributed by atoms with Gasteiger partial charge in [0.05, 0.1) is 16.3 Å². The molecule has 1 aliphatic heterocycles. The molecule has 2 aromatic rings. The summed E-state index contributed by atoms with van der Waals surface area (Å²) in [5, 5.41) is 14.8. The van der Waals surface area contributed by atoms with Gasteiger partial charge >= 0.3 is 0 Å². The van der Waals surface area contributed by atoms with E-state index in [0.717, 1.165) is 0 Å². The van der Waals surface area contributed by atoms with Crippen LogP contribution in [0.3, 0.4) is 0 Å². The van der Waals surface area contributed by atoms with Crippen LogP contribution in [-0.2, 0) is 14.4 Å². The van der Waals surface area contributed by atoms with Crippen LogP contribution in [0.4, 0.5) is 17.1 Å². The summed E-state index contributed by atoms with van der Waals surface area (Å²) in [7, 11) is 0. The van der Waals surface area contributed by atoms with Crippen LogP contribution >= 0.6 is 11.6 Å². The molecule has 0 aromatic heterocycles. The predicted octanol–water partition coefficient (Wildman–Crippen LogP) is 4.98. The molecule has 2 unspecified atom stereocenters. The highest BCUT2D eigenvalue weighted by molar-refractivity contribution is 6.32. The number of likely N-dealkylation sites (N-methyl/N-ethyl adjacent to an activating group) is 1. The highest BCUT2D eigenvalue weighted by Gasteiger charge is 2.35. The Hall–Kier alpha value is -3.57. The lowest BCUT2D eigenvalue weighted by atomic mass is 10.0. The molecule has 0 saturated carbocycles. The molecule has 0 saturated heterocycles. The summed E-state index contributed by atoms with van der Waals surface area (Å²) in [5.74, 6) is -0.200. The van der Waals surface area contributed by atoms with Gasteiger partial charge in [-0.2, -0.15) is 5.26 Å². The third-order valence-corrected chi connectivity index (χ3v) is 5.97. The number of anilines is 3. The number of rotatable bonds is 8. The summed E-state index contributed by atoms with van der Waals surface area (Å²) in [6, 6.07) is 11.9. The topological polar surface area (TPSA) is 112 Å². The van der Waals surface area contributed by atoms with Crippen LogP contribution in [0.5, 0.6) is 5.75 Å². The Morgan fingerprint density at radius 1 is 1.09 bits per heavy atom. The van der Waals surface area contributed by atoms with E-state index in [4.69, 9.17) is 21.6 Å². The fourth-order valence-corrected chi connectivity index (χ4v) is 4.15. The minimum absolute atomic E-state index is 0.00949. The van der Waals surface area contributed by atoms with E-state index in [0.29, 0.717) is 34.9 Å². The van der Waals surface area contributed by atoms with E-state index < -0.39 is 6.10 Å². The molecule has 2 N–H and O–H groups in total. The molecule has 8 nitrogen and oxygen atoms in total. The number of nitrogens with zero attached hydrogens (tertiary/aromatic N) is 2. The first kappa shape index (κ1) is 26.0. The van der Waals surface area contributed by atoms with Gasteiger partial charge in [0.1, 0.15) is 11.8 Å². The molecular weight excluding hydrogens is 468 g/mol. The highest BCUT2D eigenvalue weighted by Crippen LogP contribution is 2.37. The maximum absolute atomic E-state index is 12.7. The Kier molecular flexibility index (Phi) is 8.36. The third-order valence-electron chi connectivity index (χ3n) is 5.66. The molecule has 1 aliphatic rings. The maximum atomic E-state index is 12.7. The van der Waals surface area contributed by atoms with Crippen LogP contribution in [0.15, 0.2) is 36.4 Å². The second-order valence-corrected chi connectivity index (χ2v) is 9.37. The molecule has 0 spiro atoms. The lowest BCUT2D eigenvalue weighted by molar-refractivity contribution is -0.128. The van der Waals surface area contributed by atoms with Gasteiger partial charge in [-0.1, -0.05) is 32.4 Å². The number of ether oxygens (including phenoxy) is 1. The van der Waals surface area contributed by atoms with Crippen molar-refractivity contribution < 1.29 is 19.1 Å². The zero-order valence-corrected chi connectivity index (χ0v) is 21.0. The Bertz CT molecular complexity index is 1170. The number of benzene rings is 2. The van der Waals surface area contributed by atoms with Crippen molar-refractivity contribution in [1.29, 1.82) is 5.26 Å². The first-order valence-electron chi connectivity index (χ1n) is 11.5. The summed E-state index contributed by atoms with van der Waals surface area (Å²) < 4.78 is 5.95. The van der Waals surface area contributed by atoms with E-state index in [2.05, 4.69) is 10.6 Å². The van der Waals surface area contributed by atoms with Crippen molar-refractivity contribution in [2.24, 2.45) is 11.8 Å². The SMILES string of the molecule is CCN1C(=O)C(C(C)C)Oc2cc(NC(=O)CC(C)CC(=O)Nc3ccc(C#N)c(Cl)c3)ccc21. The standard InChI is InChI=1S/C26H29ClN4O4/c1-5-31-21-9-8-19(13-22(21)35-25(15(2)3)26(31)34)30-24(33)11-16(4)10-23(32)29-18-7-6-17(14-28)20(27)12-18/h6-9,12-13,15-16,25H,5,10-11H2,1-4H3,(H,29,32)(H,30,33). The second kappa shape index (κ2) is 11.2. The molecule has 3 rings (SSSR count). The lowest BCUT2D eigenvalue weighted by Gasteiger charge is -2.35. The van der Waals surface area contributed by atoms with E-state index >= 15 is 0 Å². The normalized spacial score (nSPS) is 15.6. The average Bonchev–Trinajstić information content (AvgIpc) is 2.78. The van der Waals surface area contributed by atoms with Crippen LogP contribution in [0.25, 0.3) is 0 Å². The molecule has 0 fully saturated rings. The van der Waals surface area contributed by atoms with E-state index in [9.17, 15) is 14.4 Å². The Labute approximate surface area is 210 Å². The number of amides is 3. The third kappa shape index (κ3) is 6.31. The minimum atomic E-state index is -0.571. The molecule has 184 valence electrons. The highest BCUT2D eigenvalue weighted by atomic mass is 35.5. The van der Waals surface area contributed by atoms with Gasteiger partial charge in [0.15, 0.2) is 6.10 Å². The summed E-state index contributed by atoms with van der Waals surface area (Å²) >= 11 is 6.00. The monoisotopic (exact) mass is 496 g/mol. The number of hydrogen-bond donors (Lipinski definition) is 2. The molecule has 2 aromatic carbocycles. The molecule has 1 heterocycles. The zero-order chi connectivity index (χ0) is 25.7. The van der Waals surface area contributed by atoms with Gasteiger partial charge in [0, 0.05) is 36.8 Å². The fourth-order valence-electron chi connectivity index (χ4n) is 3.93. The van der Waals surface area contributed by atoms with Crippen LogP contribution < -0.4 is 20.3 Å². The van der Waals surface area contributed by atoms with Crippen molar-refractivity contribution in [3.8, 4) is 11.8 Å². The van der Waals surface area contributed by atoms with Crippen LogP contribution in [0.2, 0.25) is 5.02 Å². The Morgan fingerprint density at radius 2 is 1.69 bits per heavy atom. The molecule has 35 heavy (non-hydrogen) atoms. The van der Waals surface area contributed by atoms with Crippen molar-refractivity contribution in [3.63, 3.8) is 0 Å². The largest absolute Gasteiger partial charge is 0.478 e. The number of halogens is 1. The van der Waals surface area contributed by atoms with Crippen molar-refractivity contribution in [2.75, 3.05) is 22.1 Å². The predicted molar refractivity (Wildman–Crippen MR) is 136 cm³/mol. The van der Waals surface area contributed by atoms with Gasteiger partial charge < -0.3 is 20.3 Å². The molecule has 3 amide bonds. The Balaban J connectivity index is 1.58. The number of carbonyl (C=O) groups is 3. The summed E-state index contributed by atoms with van der Waals surface area (Å²) in [6.45, 7) is 8.12. The van der Waals surface area contributed by atoms with Gasteiger partial charge in [-0.15, -0.1) is 0 Å². The van der Waals surface area contributed by atoms with Gasteiger partial charge in [-0.05, 0) is 49.1 Å². The van der Waals surface area contributed by atoms with E-state index in [1.165, 1.54) is 12.1 Å². The summed E-state index contributed by atoms with van der Waals surface area (Å²) in [5.41, 5.74) is 2.06. The summed E-state index contributed by atoms with van der Waals surface area (Å²) in [6.07, 6.45) is -0.284. The second-order valence-electron chi connectivity index (χ2n) is 8.96. The number of nitriles is 1. The molecule has 0 aliphatic carbocycles. The molecule has 2 atom stereocenters. The van der Waals surface area contributed by atoms with E-state index in [1.807, 2.05) is 33.8 Å². The smallest absolute Gasteiger partial charge is 0.268 e.